The molecule has 3 heterocycles. The molecule has 0 aliphatic carbocycles. The summed E-state index contributed by atoms with van der Waals surface area (Å²) in [5.41, 5.74) is 1.39. The minimum atomic E-state index is -0.458. The zero-order valence-corrected chi connectivity index (χ0v) is 20.8. The summed E-state index contributed by atoms with van der Waals surface area (Å²) in [6.07, 6.45) is 3.59. The lowest BCUT2D eigenvalue weighted by Crippen LogP contribution is -2.40. The molecule has 1 aromatic carbocycles. The van der Waals surface area contributed by atoms with Crippen molar-refractivity contribution in [1.82, 2.24) is 24.3 Å². The summed E-state index contributed by atoms with van der Waals surface area (Å²) in [5.74, 6) is -0.354. The van der Waals surface area contributed by atoms with E-state index in [1.54, 1.807) is 37.2 Å². The van der Waals surface area contributed by atoms with Gasteiger partial charge in [-0.25, -0.2) is 19.2 Å². The van der Waals surface area contributed by atoms with Gasteiger partial charge < -0.3 is 24.4 Å². The number of aromatic nitrogens is 3. The molecular formula is C24H28ClFN6O3. The van der Waals surface area contributed by atoms with Crippen LogP contribution in [0.2, 0.25) is 5.02 Å². The summed E-state index contributed by atoms with van der Waals surface area (Å²) >= 11 is 6.40. The third-order valence-corrected chi connectivity index (χ3v) is 6.20. The van der Waals surface area contributed by atoms with Crippen molar-refractivity contribution in [3.63, 3.8) is 0 Å². The Morgan fingerprint density at radius 1 is 1.23 bits per heavy atom. The van der Waals surface area contributed by atoms with Gasteiger partial charge in [-0.15, -0.1) is 0 Å². The van der Waals surface area contributed by atoms with Crippen LogP contribution in [0.25, 0.3) is 11.0 Å². The van der Waals surface area contributed by atoms with Crippen molar-refractivity contribution in [1.29, 1.82) is 0 Å². The molecule has 0 saturated carbocycles. The van der Waals surface area contributed by atoms with Crippen LogP contribution < -0.4 is 5.32 Å². The van der Waals surface area contributed by atoms with Crippen molar-refractivity contribution in [3.05, 3.63) is 47.1 Å². The number of benzene rings is 1. The number of hydrogen-bond donors (Lipinski definition) is 1. The Hall–Kier alpha value is -3.40. The maximum absolute atomic E-state index is 15.1. The molecule has 2 aromatic heterocycles. The minimum Gasteiger partial charge on any atom is -0.447 e. The molecule has 0 atom stereocenters. The second kappa shape index (κ2) is 10.1. The van der Waals surface area contributed by atoms with E-state index in [1.165, 1.54) is 17.4 Å². The number of rotatable bonds is 5. The smallest absolute Gasteiger partial charge is 0.410 e. The number of ether oxygens (including phenoxy) is 1. The van der Waals surface area contributed by atoms with Crippen LogP contribution in [0.3, 0.4) is 0 Å². The maximum Gasteiger partial charge on any atom is 0.410 e. The normalized spacial score (nSPS) is 14.4. The van der Waals surface area contributed by atoms with E-state index in [0.29, 0.717) is 47.9 Å². The number of amides is 2. The third kappa shape index (κ3) is 5.17. The van der Waals surface area contributed by atoms with Gasteiger partial charge >= 0.3 is 6.09 Å². The van der Waals surface area contributed by atoms with E-state index in [1.807, 2.05) is 18.4 Å². The molecule has 1 aliphatic heterocycles. The lowest BCUT2D eigenvalue weighted by atomic mass is 10.1. The molecule has 186 valence electrons. The monoisotopic (exact) mass is 502 g/mol. The number of fused-ring (bicyclic) bond motifs is 1. The van der Waals surface area contributed by atoms with Gasteiger partial charge in [0.25, 0.3) is 5.91 Å². The molecule has 1 N–H and O–H groups in total. The molecule has 1 fully saturated rings. The predicted molar refractivity (Wildman–Crippen MR) is 132 cm³/mol. The molecule has 0 unspecified atom stereocenters. The number of anilines is 2. The van der Waals surface area contributed by atoms with Crippen LogP contribution in [0, 0.1) is 5.82 Å². The van der Waals surface area contributed by atoms with Crippen LogP contribution in [0.1, 0.15) is 43.1 Å². The summed E-state index contributed by atoms with van der Waals surface area (Å²) < 4.78 is 22.2. The molecule has 0 radical (unpaired) electrons. The minimum absolute atomic E-state index is 0.0206. The topological polar surface area (TPSA) is 92.6 Å². The SMILES string of the molecule is CC(C)OC(=O)N1CCC(n2cc(F)c3c(Nc4ccc(C(=O)N(C)C)cc4Cl)ncnc32)CC1. The van der Waals surface area contributed by atoms with Gasteiger partial charge in [0.15, 0.2) is 5.82 Å². The molecule has 35 heavy (non-hydrogen) atoms. The zero-order chi connectivity index (χ0) is 25.3. The van der Waals surface area contributed by atoms with E-state index in [0.717, 1.165) is 0 Å². The van der Waals surface area contributed by atoms with E-state index in [2.05, 4.69) is 15.3 Å². The first-order chi connectivity index (χ1) is 16.7. The Labute approximate surface area is 207 Å². The van der Waals surface area contributed by atoms with Crippen LogP contribution in [0.15, 0.2) is 30.7 Å². The van der Waals surface area contributed by atoms with E-state index >= 15 is 4.39 Å². The largest absolute Gasteiger partial charge is 0.447 e. The fourth-order valence-electron chi connectivity index (χ4n) is 4.15. The van der Waals surface area contributed by atoms with E-state index < -0.39 is 5.82 Å². The summed E-state index contributed by atoms with van der Waals surface area (Å²) in [6.45, 7) is 4.66. The number of hydrogen-bond acceptors (Lipinski definition) is 6. The summed E-state index contributed by atoms with van der Waals surface area (Å²) in [4.78, 5) is 36.1. The molecular weight excluding hydrogens is 475 g/mol. The lowest BCUT2D eigenvalue weighted by Gasteiger charge is -2.32. The average Bonchev–Trinajstić information content (AvgIpc) is 3.16. The number of carbonyl (C=O) groups excluding carboxylic acids is 2. The maximum atomic E-state index is 15.1. The van der Waals surface area contributed by atoms with E-state index in [-0.39, 0.29) is 35.4 Å². The van der Waals surface area contributed by atoms with Gasteiger partial charge in [0.05, 0.1) is 22.2 Å². The first-order valence-corrected chi connectivity index (χ1v) is 11.8. The molecule has 0 bridgehead atoms. The highest BCUT2D eigenvalue weighted by molar-refractivity contribution is 6.33. The van der Waals surface area contributed by atoms with Gasteiger partial charge in [-0.3, -0.25) is 4.79 Å². The Morgan fingerprint density at radius 3 is 2.57 bits per heavy atom. The standard InChI is InChI=1S/C24H28ClFN6O3/c1-14(2)35-24(34)31-9-7-16(8-10-31)32-12-18(26)20-21(27-13-28-22(20)32)29-19-6-5-15(11-17(19)25)23(33)30(3)4/h5-6,11-14,16H,7-10H2,1-4H3,(H,27,28,29). The Bertz CT molecular complexity index is 1250. The Balaban J connectivity index is 1.56. The number of nitrogens with zero attached hydrogens (tertiary/aromatic N) is 5. The van der Waals surface area contributed by atoms with Crippen molar-refractivity contribution < 1.29 is 18.7 Å². The zero-order valence-electron chi connectivity index (χ0n) is 20.1. The molecule has 1 aliphatic rings. The molecule has 9 nitrogen and oxygen atoms in total. The second-order valence-corrected chi connectivity index (χ2v) is 9.38. The van der Waals surface area contributed by atoms with Crippen LogP contribution in [0.5, 0.6) is 0 Å². The van der Waals surface area contributed by atoms with Crippen molar-refractivity contribution in [2.24, 2.45) is 0 Å². The van der Waals surface area contributed by atoms with Crippen molar-refractivity contribution in [2.45, 2.75) is 38.8 Å². The lowest BCUT2D eigenvalue weighted by molar-refractivity contribution is 0.0662. The molecule has 0 spiro atoms. The highest BCUT2D eigenvalue weighted by Crippen LogP contribution is 2.34. The van der Waals surface area contributed by atoms with Gasteiger partial charge in [0.1, 0.15) is 17.8 Å². The van der Waals surface area contributed by atoms with Gasteiger partial charge in [-0.2, -0.15) is 0 Å². The Kier molecular flexibility index (Phi) is 7.11. The number of carbonyl (C=O) groups is 2. The van der Waals surface area contributed by atoms with E-state index in [4.69, 9.17) is 16.3 Å². The quantitative estimate of drug-likeness (QED) is 0.536. The van der Waals surface area contributed by atoms with Gasteiger partial charge in [-0.05, 0) is 44.9 Å². The van der Waals surface area contributed by atoms with Crippen LogP contribution in [-0.4, -0.2) is 69.6 Å². The first kappa shape index (κ1) is 24.7. The van der Waals surface area contributed by atoms with Crippen LogP contribution in [-0.2, 0) is 4.74 Å². The van der Waals surface area contributed by atoms with Crippen molar-refractivity contribution in [2.75, 3.05) is 32.5 Å². The van der Waals surface area contributed by atoms with Gasteiger partial charge in [0, 0.05) is 45.0 Å². The summed E-state index contributed by atoms with van der Waals surface area (Å²) in [5, 5.41) is 3.64. The first-order valence-electron chi connectivity index (χ1n) is 11.4. The van der Waals surface area contributed by atoms with E-state index in [9.17, 15) is 9.59 Å². The molecule has 2 amide bonds. The Morgan fingerprint density at radius 2 is 1.94 bits per heavy atom. The van der Waals surface area contributed by atoms with Crippen molar-refractivity contribution >= 4 is 46.1 Å². The number of piperidine rings is 1. The molecule has 1 saturated heterocycles. The van der Waals surface area contributed by atoms with Crippen LogP contribution >= 0.6 is 11.6 Å². The number of nitrogens with one attached hydrogen (secondary N) is 1. The fraction of sp³-hybridized carbons (Fsp3) is 0.417. The highest BCUT2D eigenvalue weighted by Gasteiger charge is 2.28. The summed E-state index contributed by atoms with van der Waals surface area (Å²) in [6, 6.07) is 4.85. The second-order valence-electron chi connectivity index (χ2n) is 8.98. The molecule has 4 rings (SSSR count). The number of halogens is 2. The van der Waals surface area contributed by atoms with Crippen LogP contribution in [0.4, 0.5) is 20.7 Å². The highest BCUT2D eigenvalue weighted by atomic mass is 35.5. The fourth-order valence-corrected chi connectivity index (χ4v) is 4.38. The van der Waals surface area contributed by atoms with Gasteiger partial charge in [0.2, 0.25) is 0 Å². The molecule has 11 heteroatoms. The summed E-state index contributed by atoms with van der Waals surface area (Å²) in [7, 11) is 3.32. The number of likely N-dealkylation sites (tertiary alicyclic amines) is 1. The third-order valence-electron chi connectivity index (χ3n) is 5.89. The predicted octanol–water partition coefficient (Wildman–Crippen LogP) is 4.85. The average molecular weight is 503 g/mol. The van der Waals surface area contributed by atoms with Crippen molar-refractivity contribution in [3.8, 4) is 0 Å². The van der Waals surface area contributed by atoms with Gasteiger partial charge in [-0.1, -0.05) is 11.6 Å². The molecule has 3 aromatic rings.